The number of aryl methyl sites for hydroxylation is 1. The summed E-state index contributed by atoms with van der Waals surface area (Å²) < 4.78 is 1.03. The van der Waals surface area contributed by atoms with Gasteiger partial charge in [-0.15, -0.1) is 11.3 Å². The second-order valence-electron chi connectivity index (χ2n) is 6.21. The SMILES string of the molecule is CCCN1CCC(=NNC(=O)c2sc3cc(C)ccc3c2Cl)CC1. The quantitative estimate of drug-likeness (QED) is 0.815. The van der Waals surface area contributed by atoms with Crippen molar-refractivity contribution in [3.8, 4) is 0 Å². The van der Waals surface area contributed by atoms with Gasteiger partial charge < -0.3 is 4.90 Å². The number of amides is 1. The average molecular weight is 364 g/mol. The van der Waals surface area contributed by atoms with E-state index < -0.39 is 0 Å². The van der Waals surface area contributed by atoms with E-state index in [2.05, 4.69) is 28.4 Å². The van der Waals surface area contributed by atoms with Crippen LogP contribution in [0.5, 0.6) is 0 Å². The van der Waals surface area contributed by atoms with Crippen molar-refractivity contribution in [3.05, 3.63) is 33.7 Å². The molecular weight excluding hydrogens is 342 g/mol. The van der Waals surface area contributed by atoms with Crippen LogP contribution >= 0.6 is 22.9 Å². The molecule has 1 aliphatic heterocycles. The number of fused-ring (bicyclic) bond motifs is 1. The van der Waals surface area contributed by atoms with Gasteiger partial charge in [-0.3, -0.25) is 4.79 Å². The van der Waals surface area contributed by atoms with Gasteiger partial charge in [0.2, 0.25) is 0 Å². The summed E-state index contributed by atoms with van der Waals surface area (Å²) in [6.07, 6.45) is 3.01. The van der Waals surface area contributed by atoms with Gasteiger partial charge in [0.15, 0.2) is 0 Å². The lowest BCUT2D eigenvalue weighted by atomic mass is 10.1. The molecule has 0 aliphatic carbocycles. The third kappa shape index (κ3) is 3.79. The first kappa shape index (κ1) is 17.4. The van der Waals surface area contributed by atoms with Gasteiger partial charge in [0.25, 0.3) is 5.91 Å². The number of piperidine rings is 1. The standard InChI is InChI=1S/C18H22ClN3OS/c1-3-8-22-9-6-13(7-10-22)20-21-18(23)17-16(19)14-5-4-12(2)11-15(14)24-17/h4-5,11H,3,6-10H2,1-2H3,(H,21,23). The van der Waals surface area contributed by atoms with Crippen LogP contribution in [0.1, 0.15) is 41.4 Å². The monoisotopic (exact) mass is 363 g/mol. The second kappa shape index (κ2) is 7.64. The third-order valence-electron chi connectivity index (χ3n) is 4.28. The number of hydrogen-bond acceptors (Lipinski definition) is 4. The Bertz CT molecular complexity index is 774. The molecule has 0 spiro atoms. The van der Waals surface area contributed by atoms with Gasteiger partial charge in [-0.2, -0.15) is 5.10 Å². The van der Waals surface area contributed by atoms with Crippen molar-refractivity contribution in [1.82, 2.24) is 10.3 Å². The van der Waals surface area contributed by atoms with E-state index in [9.17, 15) is 4.79 Å². The highest BCUT2D eigenvalue weighted by Gasteiger charge is 2.18. The summed E-state index contributed by atoms with van der Waals surface area (Å²) in [6.45, 7) is 7.40. The summed E-state index contributed by atoms with van der Waals surface area (Å²) in [6, 6.07) is 6.03. The lowest BCUT2D eigenvalue weighted by Gasteiger charge is -2.26. The first-order valence-electron chi connectivity index (χ1n) is 8.35. The molecule has 0 radical (unpaired) electrons. The molecule has 1 fully saturated rings. The van der Waals surface area contributed by atoms with Crippen LogP contribution < -0.4 is 5.43 Å². The molecule has 0 saturated carbocycles. The highest BCUT2D eigenvalue weighted by Crippen LogP contribution is 2.35. The van der Waals surface area contributed by atoms with Gasteiger partial charge in [0, 0.05) is 41.7 Å². The number of thiophene rings is 1. The Morgan fingerprint density at radius 2 is 2.12 bits per heavy atom. The van der Waals surface area contributed by atoms with E-state index in [1.807, 2.05) is 19.1 Å². The van der Waals surface area contributed by atoms with Crippen LogP contribution in [0.25, 0.3) is 10.1 Å². The van der Waals surface area contributed by atoms with Gasteiger partial charge in [-0.25, -0.2) is 5.43 Å². The predicted octanol–water partition coefficient (Wildman–Crippen LogP) is 4.45. The van der Waals surface area contributed by atoms with Crippen molar-refractivity contribution < 1.29 is 4.79 Å². The van der Waals surface area contributed by atoms with Gasteiger partial charge in [0.1, 0.15) is 4.88 Å². The molecule has 0 unspecified atom stereocenters. The predicted molar refractivity (Wildman–Crippen MR) is 102 cm³/mol. The minimum Gasteiger partial charge on any atom is -0.303 e. The van der Waals surface area contributed by atoms with Gasteiger partial charge in [0.05, 0.1) is 5.02 Å². The molecule has 24 heavy (non-hydrogen) atoms. The molecule has 1 aromatic carbocycles. The maximum absolute atomic E-state index is 12.4. The zero-order valence-electron chi connectivity index (χ0n) is 14.1. The molecule has 3 rings (SSSR count). The molecule has 1 saturated heterocycles. The number of nitrogens with zero attached hydrogens (tertiary/aromatic N) is 2. The summed E-state index contributed by atoms with van der Waals surface area (Å²) in [5, 5.41) is 5.77. The Morgan fingerprint density at radius 3 is 2.83 bits per heavy atom. The molecule has 0 atom stereocenters. The van der Waals surface area contributed by atoms with Crippen LogP contribution in [0.15, 0.2) is 23.3 Å². The number of likely N-dealkylation sites (tertiary alicyclic amines) is 1. The second-order valence-corrected chi connectivity index (χ2v) is 7.64. The maximum Gasteiger partial charge on any atom is 0.283 e. The zero-order valence-corrected chi connectivity index (χ0v) is 15.6. The van der Waals surface area contributed by atoms with E-state index in [0.717, 1.165) is 53.8 Å². The van der Waals surface area contributed by atoms with Gasteiger partial charge >= 0.3 is 0 Å². The van der Waals surface area contributed by atoms with Crippen LogP contribution in [-0.4, -0.2) is 36.2 Å². The number of benzene rings is 1. The van der Waals surface area contributed by atoms with Crippen LogP contribution in [0.2, 0.25) is 5.02 Å². The number of halogens is 1. The van der Waals surface area contributed by atoms with E-state index in [0.29, 0.717) is 9.90 Å². The van der Waals surface area contributed by atoms with Crippen molar-refractivity contribution in [1.29, 1.82) is 0 Å². The molecule has 1 aromatic heterocycles. The number of nitrogens with one attached hydrogen (secondary N) is 1. The number of hydrogen-bond donors (Lipinski definition) is 1. The highest BCUT2D eigenvalue weighted by atomic mass is 35.5. The molecule has 128 valence electrons. The third-order valence-corrected chi connectivity index (χ3v) is 5.94. The minimum absolute atomic E-state index is 0.220. The molecular formula is C18H22ClN3OS. The first-order chi connectivity index (χ1) is 11.6. The van der Waals surface area contributed by atoms with E-state index in [1.165, 1.54) is 17.8 Å². The Hall–Kier alpha value is -1.43. The fourth-order valence-electron chi connectivity index (χ4n) is 2.96. The molecule has 1 aliphatic rings. The lowest BCUT2D eigenvalue weighted by Crippen LogP contribution is -2.35. The van der Waals surface area contributed by atoms with Crippen molar-refractivity contribution in [2.24, 2.45) is 5.10 Å². The van der Waals surface area contributed by atoms with Crippen molar-refractivity contribution in [2.75, 3.05) is 19.6 Å². The topological polar surface area (TPSA) is 44.7 Å². The fourth-order valence-corrected chi connectivity index (χ4v) is 4.47. The molecule has 1 amide bonds. The lowest BCUT2D eigenvalue weighted by molar-refractivity contribution is 0.0958. The first-order valence-corrected chi connectivity index (χ1v) is 9.54. The molecule has 4 nitrogen and oxygen atoms in total. The Labute approximate surface area is 151 Å². The summed E-state index contributed by atoms with van der Waals surface area (Å²) >= 11 is 7.79. The molecule has 6 heteroatoms. The van der Waals surface area contributed by atoms with Crippen molar-refractivity contribution >= 4 is 44.6 Å². The largest absolute Gasteiger partial charge is 0.303 e. The number of carbonyl (C=O) groups is 1. The fraction of sp³-hybridized carbons (Fsp3) is 0.444. The normalized spacial score (nSPS) is 15.7. The molecule has 2 aromatic rings. The van der Waals surface area contributed by atoms with Crippen LogP contribution in [0.3, 0.4) is 0 Å². The molecule has 0 bridgehead atoms. The van der Waals surface area contributed by atoms with E-state index in [4.69, 9.17) is 11.6 Å². The van der Waals surface area contributed by atoms with Gasteiger partial charge in [-0.1, -0.05) is 30.7 Å². The van der Waals surface area contributed by atoms with Gasteiger partial charge in [-0.05, 0) is 31.5 Å². The van der Waals surface area contributed by atoms with Crippen LogP contribution in [-0.2, 0) is 0 Å². The van der Waals surface area contributed by atoms with E-state index in [-0.39, 0.29) is 5.91 Å². The minimum atomic E-state index is -0.220. The molecule has 1 N–H and O–H groups in total. The Kier molecular flexibility index (Phi) is 5.54. The smallest absolute Gasteiger partial charge is 0.283 e. The van der Waals surface area contributed by atoms with Crippen LogP contribution in [0, 0.1) is 6.92 Å². The maximum atomic E-state index is 12.4. The summed E-state index contributed by atoms with van der Waals surface area (Å²) in [5.74, 6) is -0.220. The van der Waals surface area contributed by atoms with E-state index >= 15 is 0 Å². The summed E-state index contributed by atoms with van der Waals surface area (Å²) in [5.41, 5.74) is 4.91. The number of hydrazone groups is 1. The number of rotatable bonds is 4. The Morgan fingerprint density at radius 1 is 1.38 bits per heavy atom. The van der Waals surface area contributed by atoms with Crippen LogP contribution in [0.4, 0.5) is 0 Å². The summed E-state index contributed by atoms with van der Waals surface area (Å²) in [4.78, 5) is 15.4. The Balaban J connectivity index is 1.67. The van der Waals surface area contributed by atoms with E-state index in [1.54, 1.807) is 0 Å². The molecule has 2 heterocycles. The summed E-state index contributed by atoms with van der Waals surface area (Å²) in [7, 11) is 0. The van der Waals surface area contributed by atoms with Crippen molar-refractivity contribution in [3.63, 3.8) is 0 Å². The van der Waals surface area contributed by atoms with Crippen molar-refractivity contribution in [2.45, 2.75) is 33.1 Å². The average Bonchev–Trinajstić information content (AvgIpc) is 2.90. The zero-order chi connectivity index (χ0) is 17.1. The number of carbonyl (C=O) groups excluding carboxylic acids is 1. The highest BCUT2D eigenvalue weighted by molar-refractivity contribution is 7.21.